The highest BCUT2D eigenvalue weighted by Gasteiger charge is 2.14. The summed E-state index contributed by atoms with van der Waals surface area (Å²) in [6.45, 7) is 2.05. The minimum Gasteiger partial charge on any atom is -0.290 e. The van der Waals surface area contributed by atoms with Crippen molar-refractivity contribution in [2.45, 2.75) is 6.92 Å². The van der Waals surface area contributed by atoms with E-state index >= 15 is 0 Å². The largest absolute Gasteiger partial charge is 0.290 e. The standard InChI is InChI=1S/C19H13ClN2OS2/c1-12-11-22-15(8-9-16(23)17-3-2-10-24-17)18(21-19(22)25-12)13-4-6-14(20)7-5-13/h2-11H,1H3. The number of nitrogens with zero attached hydrogens (tertiary/aromatic N) is 2. The number of hydrogen-bond donors (Lipinski definition) is 0. The first-order valence-electron chi connectivity index (χ1n) is 7.62. The van der Waals surface area contributed by atoms with Gasteiger partial charge in [-0.25, -0.2) is 4.98 Å². The summed E-state index contributed by atoms with van der Waals surface area (Å²) in [6.07, 6.45) is 5.50. The van der Waals surface area contributed by atoms with Crippen LogP contribution in [0.2, 0.25) is 5.02 Å². The van der Waals surface area contributed by atoms with Crippen LogP contribution in [0.25, 0.3) is 22.3 Å². The summed E-state index contributed by atoms with van der Waals surface area (Å²) in [6, 6.07) is 11.3. The van der Waals surface area contributed by atoms with Gasteiger partial charge in [0.25, 0.3) is 0 Å². The normalized spacial score (nSPS) is 11.6. The Balaban J connectivity index is 1.81. The predicted molar refractivity (Wildman–Crippen MR) is 106 cm³/mol. The van der Waals surface area contributed by atoms with Crippen LogP contribution in [0.15, 0.2) is 54.1 Å². The van der Waals surface area contributed by atoms with Crippen LogP contribution in [0, 0.1) is 6.92 Å². The summed E-state index contributed by atoms with van der Waals surface area (Å²) >= 11 is 9.06. The van der Waals surface area contributed by atoms with E-state index < -0.39 is 0 Å². The second-order valence-electron chi connectivity index (χ2n) is 5.52. The van der Waals surface area contributed by atoms with Crippen LogP contribution >= 0.6 is 34.3 Å². The number of halogens is 1. The summed E-state index contributed by atoms with van der Waals surface area (Å²) in [4.78, 5) is 19.9. The van der Waals surface area contributed by atoms with Gasteiger partial charge in [-0.15, -0.1) is 22.7 Å². The lowest BCUT2D eigenvalue weighted by atomic mass is 10.1. The first-order chi connectivity index (χ1) is 12.1. The van der Waals surface area contributed by atoms with Gasteiger partial charge in [-0.2, -0.15) is 0 Å². The lowest BCUT2D eigenvalue weighted by molar-refractivity contribution is 0.105. The molecule has 0 atom stereocenters. The fourth-order valence-corrected chi connectivity index (χ4v) is 4.21. The van der Waals surface area contributed by atoms with Crippen LogP contribution in [0.3, 0.4) is 0 Å². The van der Waals surface area contributed by atoms with Gasteiger partial charge < -0.3 is 0 Å². The minimum atomic E-state index is -0.000965. The fourth-order valence-electron chi connectivity index (χ4n) is 2.61. The molecule has 124 valence electrons. The molecule has 4 rings (SSSR count). The fraction of sp³-hybridized carbons (Fsp3) is 0.0526. The van der Waals surface area contributed by atoms with Crippen LogP contribution in [-0.2, 0) is 0 Å². The highest BCUT2D eigenvalue weighted by Crippen LogP contribution is 2.30. The van der Waals surface area contributed by atoms with Crippen molar-refractivity contribution in [1.82, 2.24) is 9.38 Å². The monoisotopic (exact) mass is 384 g/mol. The molecule has 3 heterocycles. The number of carbonyl (C=O) groups excluding carboxylic acids is 1. The zero-order chi connectivity index (χ0) is 17.4. The maximum absolute atomic E-state index is 12.3. The number of thiophene rings is 1. The van der Waals surface area contributed by atoms with Crippen LogP contribution in [0.5, 0.6) is 0 Å². The maximum Gasteiger partial charge on any atom is 0.195 e. The van der Waals surface area contributed by atoms with Gasteiger partial charge in [-0.05, 0) is 42.7 Å². The Morgan fingerprint density at radius 1 is 1.24 bits per heavy atom. The number of imidazole rings is 1. The van der Waals surface area contributed by atoms with E-state index in [0.717, 1.165) is 26.8 Å². The number of benzene rings is 1. The molecule has 3 aromatic heterocycles. The zero-order valence-corrected chi connectivity index (χ0v) is 15.7. The average Bonchev–Trinajstić information content (AvgIpc) is 3.30. The molecule has 0 aliphatic carbocycles. The van der Waals surface area contributed by atoms with Gasteiger partial charge in [0, 0.05) is 21.7 Å². The molecule has 0 radical (unpaired) electrons. The Bertz CT molecular complexity index is 1070. The number of hydrogen-bond acceptors (Lipinski definition) is 4. The lowest BCUT2D eigenvalue weighted by Gasteiger charge is -2.00. The SMILES string of the molecule is Cc1cn2c(C=CC(=O)c3cccs3)c(-c3ccc(Cl)cc3)nc2s1. The van der Waals surface area contributed by atoms with Crippen molar-refractivity contribution in [2.24, 2.45) is 0 Å². The van der Waals surface area contributed by atoms with Crippen molar-refractivity contribution in [3.8, 4) is 11.3 Å². The van der Waals surface area contributed by atoms with Crippen molar-refractivity contribution in [3.63, 3.8) is 0 Å². The zero-order valence-electron chi connectivity index (χ0n) is 13.3. The molecule has 0 fully saturated rings. The minimum absolute atomic E-state index is 0.000965. The van der Waals surface area contributed by atoms with Crippen molar-refractivity contribution in [1.29, 1.82) is 0 Å². The molecule has 0 saturated heterocycles. The predicted octanol–water partition coefficient (Wildman–Crippen LogP) is 5.98. The van der Waals surface area contributed by atoms with Crippen molar-refractivity contribution < 1.29 is 4.79 Å². The van der Waals surface area contributed by atoms with Crippen molar-refractivity contribution in [3.05, 3.63) is 74.5 Å². The van der Waals surface area contributed by atoms with E-state index in [2.05, 4.69) is 0 Å². The number of ketones is 1. The quantitative estimate of drug-likeness (QED) is 0.320. The number of aryl methyl sites for hydroxylation is 1. The average molecular weight is 385 g/mol. The number of allylic oxidation sites excluding steroid dienone is 1. The Morgan fingerprint density at radius 3 is 2.76 bits per heavy atom. The molecule has 1 aromatic carbocycles. The van der Waals surface area contributed by atoms with E-state index in [1.54, 1.807) is 17.4 Å². The molecule has 0 amide bonds. The van der Waals surface area contributed by atoms with Gasteiger partial charge in [0.05, 0.1) is 16.3 Å². The van der Waals surface area contributed by atoms with E-state index in [1.807, 2.05) is 65.4 Å². The Kier molecular flexibility index (Phi) is 4.29. The maximum atomic E-state index is 12.3. The summed E-state index contributed by atoms with van der Waals surface area (Å²) < 4.78 is 2.03. The second-order valence-corrected chi connectivity index (χ2v) is 8.12. The van der Waals surface area contributed by atoms with Gasteiger partial charge in [0.1, 0.15) is 0 Å². The number of thiazole rings is 1. The number of fused-ring (bicyclic) bond motifs is 1. The third kappa shape index (κ3) is 3.18. The van der Waals surface area contributed by atoms with Gasteiger partial charge in [0.15, 0.2) is 10.7 Å². The Hall–Kier alpha value is -2.21. The molecular weight excluding hydrogens is 372 g/mol. The summed E-state index contributed by atoms with van der Waals surface area (Å²) in [5, 5.41) is 2.59. The lowest BCUT2D eigenvalue weighted by Crippen LogP contribution is -1.91. The summed E-state index contributed by atoms with van der Waals surface area (Å²) in [5.41, 5.74) is 2.71. The molecule has 0 bridgehead atoms. The van der Waals surface area contributed by atoms with Crippen LogP contribution in [0.4, 0.5) is 0 Å². The Labute approximate surface area is 157 Å². The highest BCUT2D eigenvalue weighted by atomic mass is 35.5. The van der Waals surface area contributed by atoms with E-state index in [-0.39, 0.29) is 5.78 Å². The molecule has 0 aliphatic rings. The number of rotatable bonds is 4. The number of carbonyl (C=O) groups is 1. The first kappa shape index (κ1) is 16.3. The van der Waals surface area contributed by atoms with E-state index in [9.17, 15) is 4.79 Å². The van der Waals surface area contributed by atoms with Crippen molar-refractivity contribution >= 4 is 51.1 Å². The Morgan fingerprint density at radius 2 is 2.04 bits per heavy atom. The third-order valence-electron chi connectivity index (χ3n) is 3.75. The number of aromatic nitrogens is 2. The van der Waals surface area contributed by atoms with E-state index in [1.165, 1.54) is 16.2 Å². The van der Waals surface area contributed by atoms with Gasteiger partial charge >= 0.3 is 0 Å². The first-order valence-corrected chi connectivity index (χ1v) is 9.69. The highest BCUT2D eigenvalue weighted by molar-refractivity contribution is 7.17. The molecule has 0 saturated carbocycles. The molecule has 0 unspecified atom stereocenters. The molecule has 3 nitrogen and oxygen atoms in total. The van der Waals surface area contributed by atoms with E-state index in [4.69, 9.17) is 16.6 Å². The van der Waals surface area contributed by atoms with Crippen LogP contribution in [0.1, 0.15) is 20.2 Å². The van der Waals surface area contributed by atoms with Gasteiger partial charge in [0.2, 0.25) is 0 Å². The molecule has 6 heteroatoms. The van der Waals surface area contributed by atoms with Crippen LogP contribution in [-0.4, -0.2) is 15.2 Å². The topological polar surface area (TPSA) is 34.4 Å². The molecule has 0 N–H and O–H groups in total. The molecule has 4 aromatic rings. The van der Waals surface area contributed by atoms with Crippen molar-refractivity contribution in [2.75, 3.05) is 0 Å². The van der Waals surface area contributed by atoms with E-state index in [0.29, 0.717) is 5.02 Å². The molecular formula is C19H13ClN2OS2. The van der Waals surface area contributed by atoms with Crippen LogP contribution < -0.4 is 0 Å². The summed E-state index contributed by atoms with van der Waals surface area (Å²) in [5.74, 6) is -0.000965. The second kappa shape index (κ2) is 6.59. The smallest absolute Gasteiger partial charge is 0.195 e. The van der Waals surface area contributed by atoms with Gasteiger partial charge in [-0.3, -0.25) is 9.20 Å². The molecule has 25 heavy (non-hydrogen) atoms. The molecule has 0 spiro atoms. The molecule has 0 aliphatic heterocycles. The van der Waals surface area contributed by atoms with Gasteiger partial charge in [-0.1, -0.05) is 29.8 Å². The third-order valence-corrected chi connectivity index (χ3v) is 5.79. The summed E-state index contributed by atoms with van der Waals surface area (Å²) in [7, 11) is 0.